The zero-order chi connectivity index (χ0) is 19.1. The molecule has 0 bridgehead atoms. The summed E-state index contributed by atoms with van der Waals surface area (Å²) in [5, 5.41) is 2.64. The number of esters is 1. The van der Waals surface area contributed by atoms with E-state index in [1.165, 1.54) is 11.8 Å². The van der Waals surface area contributed by atoms with Gasteiger partial charge < -0.3 is 14.8 Å². The minimum atomic E-state index is -0.364. The van der Waals surface area contributed by atoms with Crippen LogP contribution in [0.1, 0.15) is 29.8 Å². The van der Waals surface area contributed by atoms with Crippen LogP contribution in [0.3, 0.4) is 0 Å². The number of anilines is 1. The molecule has 6 heteroatoms. The number of aryl methyl sites for hydroxylation is 1. The molecule has 1 atom stereocenters. The van der Waals surface area contributed by atoms with Gasteiger partial charge in [0.1, 0.15) is 5.75 Å². The quantitative estimate of drug-likeness (QED) is 0.579. The fourth-order valence-electron chi connectivity index (χ4n) is 2.29. The van der Waals surface area contributed by atoms with Crippen LogP contribution in [-0.2, 0) is 9.53 Å². The first kappa shape index (κ1) is 19.8. The third-order valence-electron chi connectivity index (χ3n) is 3.74. The van der Waals surface area contributed by atoms with Crippen LogP contribution in [-0.4, -0.2) is 30.8 Å². The van der Waals surface area contributed by atoms with Crippen molar-refractivity contribution in [1.29, 1.82) is 0 Å². The zero-order valence-electron chi connectivity index (χ0n) is 15.4. The Morgan fingerprint density at radius 3 is 2.42 bits per heavy atom. The predicted octanol–water partition coefficient (Wildman–Crippen LogP) is 4.30. The minimum Gasteiger partial charge on any atom is -0.497 e. The summed E-state index contributed by atoms with van der Waals surface area (Å²) >= 11 is 1.47. The van der Waals surface area contributed by atoms with E-state index in [-0.39, 0.29) is 17.1 Å². The minimum absolute atomic E-state index is 0.0993. The van der Waals surface area contributed by atoms with Gasteiger partial charge in [-0.2, -0.15) is 0 Å². The number of rotatable bonds is 7. The van der Waals surface area contributed by atoms with Gasteiger partial charge in [-0.25, -0.2) is 4.79 Å². The predicted molar refractivity (Wildman–Crippen MR) is 104 cm³/mol. The molecule has 2 aromatic carbocycles. The van der Waals surface area contributed by atoms with Crippen LogP contribution < -0.4 is 10.1 Å². The maximum atomic E-state index is 12.5. The van der Waals surface area contributed by atoms with Crippen molar-refractivity contribution in [1.82, 2.24) is 0 Å². The van der Waals surface area contributed by atoms with Gasteiger partial charge >= 0.3 is 5.97 Å². The summed E-state index contributed by atoms with van der Waals surface area (Å²) < 4.78 is 10.1. The summed E-state index contributed by atoms with van der Waals surface area (Å²) in [5.41, 5.74) is 1.97. The van der Waals surface area contributed by atoms with Crippen molar-refractivity contribution in [3.8, 4) is 5.75 Å². The Balaban J connectivity index is 2.00. The van der Waals surface area contributed by atoms with E-state index >= 15 is 0 Å². The molecule has 0 heterocycles. The van der Waals surface area contributed by atoms with E-state index in [9.17, 15) is 9.59 Å². The number of thioether (sulfide) groups is 1. The van der Waals surface area contributed by atoms with E-state index in [4.69, 9.17) is 9.47 Å². The molecule has 1 amide bonds. The normalized spacial score (nSPS) is 11.5. The lowest BCUT2D eigenvalue weighted by Gasteiger charge is -2.14. The Bertz CT molecular complexity index is 774. The first-order chi connectivity index (χ1) is 12.4. The maximum absolute atomic E-state index is 12.5. The average molecular weight is 373 g/mol. The first-order valence-corrected chi connectivity index (χ1v) is 9.22. The van der Waals surface area contributed by atoms with Crippen molar-refractivity contribution >= 4 is 29.3 Å². The number of hydrogen-bond donors (Lipinski definition) is 1. The molecule has 5 nitrogen and oxygen atoms in total. The van der Waals surface area contributed by atoms with Gasteiger partial charge in [0.25, 0.3) is 0 Å². The Labute approximate surface area is 158 Å². The molecule has 0 aliphatic carbocycles. The molecule has 0 aliphatic heterocycles. The van der Waals surface area contributed by atoms with Crippen molar-refractivity contribution in [2.75, 3.05) is 19.0 Å². The molecule has 1 N–H and O–H groups in total. The SMILES string of the molecule is CCOC(=O)c1ccc(NC(=O)[C@@H](C)Sc2ccc(OC)cc2)c(C)c1. The van der Waals surface area contributed by atoms with Crippen LogP contribution in [0.4, 0.5) is 5.69 Å². The van der Waals surface area contributed by atoms with E-state index in [1.807, 2.05) is 38.1 Å². The monoisotopic (exact) mass is 373 g/mol. The van der Waals surface area contributed by atoms with Crippen molar-refractivity contribution in [3.05, 3.63) is 53.6 Å². The van der Waals surface area contributed by atoms with Crippen LogP contribution in [0.15, 0.2) is 47.4 Å². The summed E-state index contributed by atoms with van der Waals surface area (Å²) in [4.78, 5) is 25.2. The van der Waals surface area contributed by atoms with E-state index < -0.39 is 0 Å². The Morgan fingerprint density at radius 2 is 1.85 bits per heavy atom. The zero-order valence-corrected chi connectivity index (χ0v) is 16.2. The number of carbonyl (C=O) groups is 2. The van der Waals surface area contributed by atoms with Crippen LogP contribution in [0, 0.1) is 6.92 Å². The standard InChI is InChI=1S/C20H23NO4S/c1-5-25-20(23)15-6-11-18(13(2)12-15)21-19(22)14(3)26-17-9-7-16(24-4)8-10-17/h6-12,14H,5H2,1-4H3,(H,21,22)/t14-/m1/s1. The molecule has 0 saturated heterocycles. The van der Waals surface area contributed by atoms with E-state index in [2.05, 4.69) is 5.32 Å². The van der Waals surface area contributed by atoms with Crippen molar-refractivity contribution in [2.45, 2.75) is 30.9 Å². The fraction of sp³-hybridized carbons (Fsp3) is 0.300. The molecule has 26 heavy (non-hydrogen) atoms. The Hall–Kier alpha value is -2.47. The van der Waals surface area contributed by atoms with Gasteiger partial charge in [0.05, 0.1) is 24.5 Å². The maximum Gasteiger partial charge on any atom is 0.338 e. The molecule has 0 spiro atoms. The summed E-state index contributed by atoms with van der Waals surface area (Å²) in [6, 6.07) is 12.7. The van der Waals surface area contributed by atoms with Gasteiger partial charge in [-0.3, -0.25) is 4.79 Å². The van der Waals surface area contributed by atoms with Gasteiger partial charge in [-0.15, -0.1) is 11.8 Å². The summed E-state index contributed by atoms with van der Waals surface area (Å²) in [5.74, 6) is 0.318. The van der Waals surface area contributed by atoms with Crippen molar-refractivity contribution in [2.24, 2.45) is 0 Å². The van der Waals surface area contributed by atoms with E-state index in [1.54, 1.807) is 32.2 Å². The third-order valence-corrected chi connectivity index (χ3v) is 4.85. The van der Waals surface area contributed by atoms with Gasteiger partial charge in [0.2, 0.25) is 5.91 Å². The number of ether oxygens (including phenoxy) is 2. The molecule has 0 aliphatic rings. The van der Waals surface area contributed by atoms with Gasteiger partial charge in [0, 0.05) is 10.6 Å². The van der Waals surface area contributed by atoms with Crippen LogP contribution in [0.25, 0.3) is 0 Å². The number of carbonyl (C=O) groups excluding carboxylic acids is 2. The molecule has 138 valence electrons. The smallest absolute Gasteiger partial charge is 0.338 e. The lowest BCUT2D eigenvalue weighted by molar-refractivity contribution is -0.115. The molecule has 2 aromatic rings. The number of amides is 1. The Kier molecular flexibility index (Phi) is 7.09. The molecule has 0 aromatic heterocycles. The molecule has 0 radical (unpaired) electrons. The van der Waals surface area contributed by atoms with Crippen molar-refractivity contribution < 1.29 is 19.1 Å². The highest BCUT2D eigenvalue weighted by atomic mass is 32.2. The second-order valence-electron chi connectivity index (χ2n) is 5.68. The number of methoxy groups -OCH3 is 1. The lowest BCUT2D eigenvalue weighted by atomic mass is 10.1. The van der Waals surface area contributed by atoms with Gasteiger partial charge in [0.15, 0.2) is 0 Å². The first-order valence-electron chi connectivity index (χ1n) is 8.34. The lowest BCUT2D eigenvalue weighted by Crippen LogP contribution is -2.23. The van der Waals surface area contributed by atoms with Gasteiger partial charge in [-0.05, 0) is 68.8 Å². The van der Waals surface area contributed by atoms with Crippen LogP contribution in [0.2, 0.25) is 0 Å². The summed E-state index contributed by atoms with van der Waals surface area (Å²) in [7, 11) is 1.62. The second kappa shape index (κ2) is 9.29. The number of nitrogens with one attached hydrogen (secondary N) is 1. The van der Waals surface area contributed by atoms with Crippen molar-refractivity contribution in [3.63, 3.8) is 0 Å². The Morgan fingerprint density at radius 1 is 1.15 bits per heavy atom. The largest absolute Gasteiger partial charge is 0.497 e. The summed E-state index contributed by atoms with van der Waals surface area (Å²) in [6.45, 7) is 5.80. The van der Waals surface area contributed by atoms with Crippen LogP contribution in [0.5, 0.6) is 5.75 Å². The van der Waals surface area contributed by atoms with E-state index in [0.717, 1.165) is 16.2 Å². The fourth-order valence-corrected chi connectivity index (χ4v) is 3.16. The molecule has 0 unspecified atom stereocenters. The van der Waals surface area contributed by atoms with Crippen LogP contribution >= 0.6 is 11.8 Å². The molecule has 0 saturated carbocycles. The number of hydrogen-bond acceptors (Lipinski definition) is 5. The molecule has 2 rings (SSSR count). The van der Waals surface area contributed by atoms with Gasteiger partial charge in [-0.1, -0.05) is 0 Å². The highest BCUT2D eigenvalue weighted by Gasteiger charge is 2.16. The molecular formula is C20H23NO4S. The topological polar surface area (TPSA) is 64.6 Å². The second-order valence-corrected chi connectivity index (χ2v) is 7.09. The highest BCUT2D eigenvalue weighted by Crippen LogP contribution is 2.26. The van der Waals surface area contributed by atoms with E-state index in [0.29, 0.717) is 17.9 Å². The average Bonchev–Trinajstić information content (AvgIpc) is 2.64. The highest BCUT2D eigenvalue weighted by molar-refractivity contribution is 8.00. The third kappa shape index (κ3) is 5.26. The number of benzene rings is 2. The molecular weight excluding hydrogens is 350 g/mol. The summed E-state index contributed by atoms with van der Waals surface area (Å²) in [6.07, 6.45) is 0. The molecule has 0 fully saturated rings.